The smallest absolute Gasteiger partial charge is 0.303 e. The summed E-state index contributed by atoms with van der Waals surface area (Å²) in [6, 6.07) is 0. The molecule has 0 aromatic rings. The molecule has 5 heteroatoms. The maximum atomic E-state index is 12.0. The summed E-state index contributed by atoms with van der Waals surface area (Å²) in [5.74, 6) is 2.19. The number of piperazine rings is 1. The normalized spacial score (nSPS) is 37.4. The lowest BCUT2D eigenvalue weighted by molar-refractivity contribution is -0.141. The van der Waals surface area contributed by atoms with Gasteiger partial charge in [-0.2, -0.15) is 0 Å². The summed E-state index contributed by atoms with van der Waals surface area (Å²) in [6.45, 7) is 4.61. The van der Waals surface area contributed by atoms with Gasteiger partial charge in [0.25, 0.3) is 0 Å². The van der Waals surface area contributed by atoms with Crippen molar-refractivity contribution < 1.29 is 14.7 Å². The second-order valence-corrected chi connectivity index (χ2v) is 9.28. The van der Waals surface area contributed by atoms with Crippen LogP contribution in [0.3, 0.4) is 0 Å². The number of carboxylic acids is 1. The average Bonchev–Trinajstić information content (AvgIpc) is 2.57. The van der Waals surface area contributed by atoms with E-state index in [-0.39, 0.29) is 18.7 Å². The van der Waals surface area contributed by atoms with Gasteiger partial charge >= 0.3 is 5.97 Å². The third kappa shape index (κ3) is 3.86. The molecule has 0 spiro atoms. The Morgan fingerprint density at radius 2 is 1.44 bits per heavy atom. The number of nitrogens with zero attached hydrogens (tertiary/aromatic N) is 2. The van der Waals surface area contributed by atoms with E-state index < -0.39 is 5.97 Å². The van der Waals surface area contributed by atoms with Crippen molar-refractivity contribution in [3.8, 4) is 0 Å². The van der Waals surface area contributed by atoms with Crippen molar-refractivity contribution in [2.75, 3.05) is 32.7 Å². The molecule has 1 amide bonds. The fourth-order valence-electron chi connectivity index (χ4n) is 6.58. The highest BCUT2D eigenvalue weighted by atomic mass is 16.4. The minimum Gasteiger partial charge on any atom is -0.481 e. The number of hydrogen-bond acceptors (Lipinski definition) is 3. The van der Waals surface area contributed by atoms with E-state index in [9.17, 15) is 9.59 Å². The molecule has 0 aromatic heterocycles. The first-order valence-electron chi connectivity index (χ1n) is 10.2. The van der Waals surface area contributed by atoms with Gasteiger partial charge in [-0.05, 0) is 74.7 Å². The second kappa shape index (κ2) is 6.90. The minimum absolute atomic E-state index is 0.00290. The highest BCUT2D eigenvalue weighted by Crippen LogP contribution is 2.61. The Labute approximate surface area is 150 Å². The molecular weight excluding hydrogens is 316 g/mol. The van der Waals surface area contributed by atoms with Crippen LogP contribution in [0.2, 0.25) is 0 Å². The first-order chi connectivity index (χ1) is 12.0. The predicted molar refractivity (Wildman–Crippen MR) is 95.1 cm³/mol. The van der Waals surface area contributed by atoms with Gasteiger partial charge in [0.2, 0.25) is 5.91 Å². The summed E-state index contributed by atoms with van der Waals surface area (Å²) >= 11 is 0. The van der Waals surface area contributed by atoms with Gasteiger partial charge in [-0.15, -0.1) is 0 Å². The maximum Gasteiger partial charge on any atom is 0.303 e. The number of hydrogen-bond donors (Lipinski definition) is 1. The molecule has 5 aliphatic rings. The van der Waals surface area contributed by atoms with Crippen molar-refractivity contribution in [3.63, 3.8) is 0 Å². The number of aliphatic carboxylic acids is 1. The lowest BCUT2D eigenvalue weighted by Crippen LogP contribution is -2.51. The van der Waals surface area contributed by atoms with Crippen LogP contribution in [-0.4, -0.2) is 59.5 Å². The number of carbonyl (C=O) groups excluding carboxylic acids is 1. The molecule has 0 unspecified atom stereocenters. The van der Waals surface area contributed by atoms with Crippen LogP contribution in [0.5, 0.6) is 0 Å². The average molecular weight is 348 g/mol. The van der Waals surface area contributed by atoms with E-state index in [1.807, 2.05) is 4.90 Å². The molecular formula is C20H32N2O3. The molecule has 0 atom stereocenters. The van der Waals surface area contributed by atoms with E-state index in [1.165, 1.54) is 51.5 Å². The van der Waals surface area contributed by atoms with Crippen LogP contribution in [0.15, 0.2) is 0 Å². The van der Waals surface area contributed by atoms with Gasteiger partial charge in [-0.1, -0.05) is 0 Å². The van der Waals surface area contributed by atoms with Crippen molar-refractivity contribution in [2.24, 2.45) is 23.2 Å². The molecule has 1 saturated heterocycles. The molecule has 1 aliphatic heterocycles. The summed E-state index contributed by atoms with van der Waals surface area (Å²) < 4.78 is 0. The molecule has 140 valence electrons. The Hall–Kier alpha value is -1.10. The largest absolute Gasteiger partial charge is 0.481 e. The van der Waals surface area contributed by atoms with Crippen LogP contribution in [0, 0.1) is 23.2 Å². The highest BCUT2D eigenvalue weighted by Gasteiger charge is 2.50. The van der Waals surface area contributed by atoms with E-state index >= 15 is 0 Å². The third-order valence-electron chi connectivity index (χ3n) is 7.40. The van der Waals surface area contributed by atoms with Gasteiger partial charge in [-0.3, -0.25) is 14.5 Å². The van der Waals surface area contributed by atoms with Crippen molar-refractivity contribution in [1.82, 2.24) is 9.80 Å². The molecule has 25 heavy (non-hydrogen) atoms. The van der Waals surface area contributed by atoms with Gasteiger partial charge in [0.15, 0.2) is 0 Å². The SMILES string of the molecule is O=C(O)CCC(=O)N1CCN(CCC23CC4CC(CC(C4)C2)C3)CC1. The van der Waals surface area contributed by atoms with Crippen LogP contribution in [0.4, 0.5) is 0 Å². The Morgan fingerprint density at radius 1 is 0.880 bits per heavy atom. The standard InChI is InChI=1S/C20H32N2O3/c23-18(1-2-19(24)25)22-7-5-21(6-8-22)4-3-20-12-15-9-16(13-20)11-17(10-15)14-20/h15-17H,1-14H2,(H,24,25). The number of rotatable bonds is 6. The van der Waals surface area contributed by atoms with E-state index in [0.717, 1.165) is 43.9 Å². The molecule has 0 aromatic carbocycles. The summed E-state index contributed by atoms with van der Waals surface area (Å²) in [5, 5.41) is 8.71. The van der Waals surface area contributed by atoms with Crippen molar-refractivity contribution >= 4 is 11.9 Å². The second-order valence-electron chi connectivity index (χ2n) is 9.28. The zero-order valence-electron chi connectivity index (χ0n) is 15.3. The van der Waals surface area contributed by atoms with Gasteiger partial charge in [0.05, 0.1) is 6.42 Å². The number of carbonyl (C=O) groups is 2. The topological polar surface area (TPSA) is 60.9 Å². The Bertz CT molecular complexity index is 490. The quantitative estimate of drug-likeness (QED) is 0.801. The van der Waals surface area contributed by atoms with E-state index in [0.29, 0.717) is 5.41 Å². The zero-order valence-corrected chi connectivity index (χ0v) is 15.3. The van der Waals surface area contributed by atoms with E-state index in [2.05, 4.69) is 4.90 Å². The Balaban J connectivity index is 1.22. The van der Waals surface area contributed by atoms with Crippen molar-refractivity contribution in [3.05, 3.63) is 0 Å². The van der Waals surface area contributed by atoms with Gasteiger partial charge in [0, 0.05) is 32.6 Å². The summed E-state index contributed by atoms with van der Waals surface area (Å²) in [5.41, 5.74) is 0.642. The van der Waals surface area contributed by atoms with Crippen LogP contribution >= 0.6 is 0 Å². The lowest BCUT2D eigenvalue weighted by atomic mass is 9.49. The molecule has 5 nitrogen and oxygen atoms in total. The van der Waals surface area contributed by atoms with Gasteiger partial charge < -0.3 is 10.0 Å². The van der Waals surface area contributed by atoms with Crippen LogP contribution < -0.4 is 0 Å². The van der Waals surface area contributed by atoms with E-state index in [1.54, 1.807) is 0 Å². The van der Waals surface area contributed by atoms with E-state index in [4.69, 9.17) is 5.11 Å². The van der Waals surface area contributed by atoms with Crippen LogP contribution in [0.1, 0.15) is 57.8 Å². The monoisotopic (exact) mass is 348 g/mol. The highest BCUT2D eigenvalue weighted by molar-refractivity contribution is 5.80. The Morgan fingerprint density at radius 3 is 1.96 bits per heavy atom. The minimum atomic E-state index is -0.887. The van der Waals surface area contributed by atoms with Crippen LogP contribution in [-0.2, 0) is 9.59 Å². The fraction of sp³-hybridized carbons (Fsp3) is 0.900. The summed E-state index contributed by atoms with van der Waals surface area (Å²) in [6.07, 6.45) is 10.4. The van der Waals surface area contributed by atoms with Crippen LogP contribution in [0.25, 0.3) is 0 Å². The molecule has 4 saturated carbocycles. The predicted octanol–water partition coefficient (Wildman–Crippen LogP) is 2.60. The molecule has 1 heterocycles. The van der Waals surface area contributed by atoms with Crippen molar-refractivity contribution in [2.45, 2.75) is 57.8 Å². The number of carboxylic acid groups (broad SMARTS) is 1. The molecule has 4 aliphatic carbocycles. The lowest BCUT2D eigenvalue weighted by Gasteiger charge is -2.57. The number of amides is 1. The van der Waals surface area contributed by atoms with Gasteiger partial charge in [-0.25, -0.2) is 0 Å². The molecule has 4 bridgehead atoms. The fourth-order valence-corrected chi connectivity index (χ4v) is 6.58. The third-order valence-corrected chi connectivity index (χ3v) is 7.40. The molecule has 1 N–H and O–H groups in total. The summed E-state index contributed by atoms with van der Waals surface area (Å²) in [4.78, 5) is 27.0. The summed E-state index contributed by atoms with van der Waals surface area (Å²) in [7, 11) is 0. The molecule has 5 fully saturated rings. The zero-order chi connectivity index (χ0) is 17.4. The maximum absolute atomic E-state index is 12.0. The first kappa shape index (κ1) is 17.3. The van der Waals surface area contributed by atoms with Gasteiger partial charge in [0.1, 0.15) is 0 Å². The van der Waals surface area contributed by atoms with Crippen molar-refractivity contribution in [1.29, 1.82) is 0 Å². The first-order valence-corrected chi connectivity index (χ1v) is 10.2. The molecule has 5 rings (SSSR count). The Kier molecular flexibility index (Phi) is 4.78. The molecule has 0 radical (unpaired) electrons.